The number of unbranched alkanes of at least 4 members (excludes halogenated alkanes) is 22. The third kappa shape index (κ3) is 40.7. The number of rotatable bonds is 44. The van der Waals surface area contributed by atoms with Gasteiger partial charge in [-0.25, -0.2) is 0 Å². The molecule has 0 aromatic rings. The van der Waals surface area contributed by atoms with Crippen LogP contribution in [-0.2, 0) is 33.6 Å². The monoisotopic (exact) mass is 831 g/mol. The lowest BCUT2D eigenvalue weighted by Crippen LogP contribution is -2.39. The van der Waals surface area contributed by atoms with E-state index in [0.717, 1.165) is 70.6 Å². The molecule has 0 fully saturated rings. The molecule has 1 unspecified atom stereocenters. The summed E-state index contributed by atoms with van der Waals surface area (Å²) in [5, 5.41) is 18.4. The maximum Gasteiger partial charge on any atom is 0.336 e. The highest BCUT2D eigenvalue weighted by molar-refractivity contribution is 7.84. The van der Waals surface area contributed by atoms with Crippen LogP contribution in [0.1, 0.15) is 194 Å². The van der Waals surface area contributed by atoms with E-state index in [0.29, 0.717) is 25.9 Å². The van der Waals surface area contributed by atoms with E-state index in [4.69, 9.17) is 13.7 Å². The minimum atomic E-state index is -4.20. The highest BCUT2D eigenvalue weighted by Gasteiger charge is 2.21. The fourth-order valence-electron chi connectivity index (χ4n) is 6.45. The molecular formula is C45H86N2O9S. The van der Waals surface area contributed by atoms with Crippen molar-refractivity contribution >= 4 is 22.2 Å². The van der Waals surface area contributed by atoms with Crippen molar-refractivity contribution in [3.8, 4) is 0 Å². The summed E-state index contributed by atoms with van der Waals surface area (Å²) >= 11 is 0. The predicted octanol–water partition coefficient (Wildman–Crippen LogP) is 9.65. The molecule has 3 N–H and O–H groups in total. The van der Waals surface area contributed by atoms with Crippen LogP contribution in [0, 0.1) is 0 Å². The van der Waals surface area contributed by atoms with Gasteiger partial charge < -0.3 is 19.7 Å². The van der Waals surface area contributed by atoms with Crippen LogP contribution in [-0.4, -0.2) is 94.2 Å². The summed E-state index contributed by atoms with van der Waals surface area (Å²) in [5.41, 5.74) is 0. The number of carbonyl (C=O) groups is 2. The molecule has 1 atom stereocenters. The van der Waals surface area contributed by atoms with Gasteiger partial charge in [0.1, 0.15) is 13.2 Å². The zero-order valence-electron chi connectivity index (χ0n) is 36.5. The van der Waals surface area contributed by atoms with Gasteiger partial charge >= 0.3 is 22.2 Å². The number of allylic oxidation sites excluding steroid dienone is 4. The smallest absolute Gasteiger partial charge is 0.336 e. The molecule has 0 saturated carbocycles. The first-order valence-electron chi connectivity index (χ1n) is 23.0. The van der Waals surface area contributed by atoms with Crippen LogP contribution in [0.2, 0.25) is 0 Å². The van der Waals surface area contributed by atoms with Crippen molar-refractivity contribution in [1.29, 1.82) is 0 Å². The molecule has 0 aliphatic heterocycles. The van der Waals surface area contributed by atoms with Gasteiger partial charge in [-0.1, -0.05) is 141 Å². The fraction of sp³-hybridized carbons (Fsp3) is 0.867. The van der Waals surface area contributed by atoms with Crippen molar-refractivity contribution in [3.63, 3.8) is 0 Å². The lowest BCUT2D eigenvalue weighted by Gasteiger charge is -2.21. The lowest BCUT2D eigenvalue weighted by atomic mass is 10.1. The van der Waals surface area contributed by atoms with E-state index in [1.54, 1.807) is 4.90 Å². The molecule has 0 radical (unpaired) electrons. The molecule has 12 heteroatoms. The Balaban J connectivity index is 4.53. The van der Waals surface area contributed by atoms with Crippen LogP contribution in [0.25, 0.3) is 0 Å². The first-order chi connectivity index (χ1) is 27.8. The topological polar surface area (TPSA) is 152 Å². The van der Waals surface area contributed by atoms with Gasteiger partial charge in [0.25, 0.3) is 0 Å². The van der Waals surface area contributed by atoms with E-state index < -0.39 is 35.0 Å². The number of ether oxygens (including phenoxy) is 2. The molecule has 0 aromatic heterocycles. The number of hydrogen-bond donors (Lipinski definition) is 3. The largest absolute Gasteiger partial charge is 0.462 e. The standard InChI is InChI=1S/C45H86N2O9S/c1-3-5-7-9-11-13-15-17-19-21-23-25-27-29-31-33-44(50)54-41-43(42-55-57(52,53)46-35-36-47(37-39-48)38-40-49)56-45(51)34-32-30-28-26-24-22-20-18-16-14-12-10-8-6-4-2/h17-20,43,46,48-49H,3-16,21-42H2,1-2H3/b19-17-,20-18-. The summed E-state index contributed by atoms with van der Waals surface area (Å²) in [7, 11) is -4.20. The van der Waals surface area contributed by atoms with Crippen LogP contribution >= 0.6 is 0 Å². The number of nitrogens with zero attached hydrogens (tertiary/aromatic N) is 1. The quantitative estimate of drug-likeness (QED) is 0.0308. The maximum atomic E-state index is 12.7. The zero-order valence-corrected chi connectivity index (χ0v) is 37.3. The number of esters is 2. The number of aliphatic hydroxyl groups is 2. The van der Waals surface area contributed by atoms with Gasteiger partial charge in [-0.2, -0.15) is 13.1 Å². The van der Waals surface area contributed by atoms with E-state index in [2.05, 4.69) is 42.9 Å². The van der Waals surface area contributed by atoms with E-state index in [1.165, 1.54) is 83.5 Å². The normalized spacial score (nSPS) is 12.6. The molecule has 0 aliphatic carbocycles. The van der Waals surface area contributed by atoms with Gasteiger partial charge in [0.2, 0.25) is 0 Å². The highest BCUT2D eigenvalue weighted by Crippen LogP contribution is 2.13. The van der Waals surface area contributed by atoms with Crippen LogP contribution < -0.4 is 4.72 Å². The van der Waals surface area contributed by atoms with E-state index >= 15 is 0 Å². The van der Waals surface area contributed by atoms with Crippen LogP contribution in [0.3, 0.4) is 0 Å². The van der Waals surface area contributed by atoms with E-state index in [9.17, 15) is 28.2 Å². The summed E-state index contributed by atoms with van der Waals surface area (Å²) in [6.45, 7) is 4.29. The summed E-state index contributed by atoms with van der Waals surface area (Å²) in [5.74, 6) is -0.900. The second-order valence-corrected chi connectivity index (χ2v) is 16.8. The van der Waals surface area contributed by atoms with Crippen LogP contribution in [0.5, 0.6) is 0 Å². The Kier molecular flexibility index (Phi) is 40.9. The molecule has 0 saturated heterocycles. The number of nitrogens with one attached hydrogen (secondary N) is 1. The molecule has 0 amide bonds. The van der Waals surface area contributed by atoms with Crippen molar-refractivity contribution < 1.29 is 41.9 Å². The molecule has 0 spiro atoms. The third-order valence-corrected chi connectivity index (χ3v) is 11.0. The molecule has 0 heterocycles. The van der Waals surface area contributed by atoms with Gasteiger partial charge in [-0.05, 0) is 64.2 Å². The Morgan fingerprint density at radius 2 is 0.965 bits per heavy atom. The van der Waals surface area contributed by atoms with Crippen molar-refractivity contribution in [2.24, 2.45) is 0 Å². The molecule has 0 rings (SSSR count). The summed E-state index contributed by atoms with van der Waals surface area (Å²) < 4.78 is 43.5. The molecule has 0 aliphatic rings. The van der Waals surface area contributed by atoms with Gasteiger partial charge in [0, 0.05) is 39.0 Å². The minimum absolute atomic E-state index is 0.00674. The van der Waals surface area contributed by atoms with E-state index in [-0.39, 0.29) is 45.8 Å². The number of hydrogen-bond acceptors (Lipinski definition) is 10. The molecule has 11 nitrogen and oxygen atoms in total. The third-order valence-electron chi connectivity index (χ3n) is 9.96. The number of carbonyl (C=O) groups excluding carboxylic acids is 2. The first kappa shape index (κ1) is 55.2. The molecule has 0 bridgehead atoms. The number of aliphatic hydroxyl groups excluding tert-OH is 2. The van der Waals surface area contributed by atoms with Crippen molar-refractivity contribution in [3.05, 3.63) is 24.3 Å². The van der Waals surface area contributed by atoms with Crippen molar-refractivity contribution in [1.82, 2.24) is 9.62 Å². The second-order valence-electron chi connectivity index (χ2n) is 15.4. The van der Waals surface area contributed by atoms with Gasteiger partial charge in [0.05, 0.1) is 13.2 Å². The Hall–Kier alpha value is -1.83. The molecule has 57 heavy (non-hydrogen) atoms. The summed E-state index contributed by atoms with van der Waals surface area (Å²) in [6.07, 6.45) is 38.6. The lowest BCUT2D eigenvalue weighted by molar-refractivity contribution is -0.161. The Morgan fingerprint density at radius 1 is 0.561 bits per heavy atom. The SMILES string of the molecule is CCCCCCCC/C=C\CCCCCCCC(=O)OCC(COS(=O)(=O)NCCN(CCO)CCO)OC(=O)CCCCCCC/C=C\CCCCCCCC. The average molecular weight is 831 g/mol. The Labute approximate surface area is 349 Å². The van der Waals surface area contributed by atoms with Gasteiger partial charge in [-0.15, -0.1) is 0 Å². The van der Waals surface area contributed by atoms with Gasteiger partial charge in [0.15, 0.2) is 6.10 Å². The molecular weight excluding hydrogens is 745 g/mol. The second kappa shape index (κ2) is 42.3. The predicted molar refractivity (Wildman–Crippen MR) is 233 cm³/mol. The summed E-state index contributed by atoms with van der Waals surface area (Å²) in [6, 6.07) is 0. The minimum Gasteiger partial charge on any atom is -0.462 e. The van der Waals surface area contributed by atoms with Crippen LogP contribution in [0.15, 0.2) is 24.3 Å². The van der Waals surface area contributed by atoms with Gasteiger partial charge in [-0.3, -0.25) is 18.7 Å². The Morgan fingerprint density at radius 3 is 1.40 bits per heavy atom. The maximum absolute atomic E-state index is 12.7. The Bertz CT molecular complexity index is 1070. The van der Waals surface area contributed by atoms with E-state index in [1.807, 2.05) is 0 Å². The highest BCUT2D eigenvalue weighted by atomic mass is 32.2. The van der Waals surface area contributed by atoms with Crippen molar-refractivity contribution in [2.75, 3.05) is 52.6 Å². The van der Waals surface area contributed by atoms with Crippen molar-refractivity contribution in [2.45, 2.75) is 200 Å². The summed E-state index contributed by atoms with van der Waals surface area (Å²) in [4.78, 5) is 26.9. The molecule has 336 valence electrons. The first-order valence-corrected chi connectivity index (χ1v) is 24.4. The zero-order chi connectivity index (χ0) is 41.9. The fourth-order valence-corrected chi connectivity index (χ4v) is 7.21. The average Bonchev–Trinajstić information content (AvgIpc) is 3.19. The van der Waals surface area contributed by atoms with Crippen LogP contribution in [0.4, 0.5) is 0 Å². The molecule has 0 aromatic carbocycles.